The molecule has 3 heteroatoms. The zero-order valence-corrected chi connectivity index (χ0v) is 9.48. The summed E-state index contributed by atoms with van der Waals surface area (Å²) in [4.78, 5) is 1.98. The van der Waals surface area contributed by atoms with Gasteiger partial charge in [0.25, 0.3) is 0 Å². The predicted octanol–water partition coefficient (Wildman–Crippen LogP) is 3.47. The van der Waals surface area contributed by atoms with E-state index in [0.29, 0.717) is 6.54 Å². The molecule has 0 saturated heterocycles. The second-order valence-electron chi connectivity index (χ2n) is 3.62. The standard InChI is InChI=1S/C13H11ClN2/c14-13-6-2-1-5-12(13)10-16-7-3-4-11(8-15)9-16/h1-3,5-7,9H,4,10H2. The maximum Gasteiger partial charge on any atom is 0.0965 e. The Balaban J connectivity index is 2.14. The third kappa shape index (κ3) is 2.44. The van der Waals surface area contributed by atoms with Crippen molar-refractivity contribution in [2.75, 3.05) is 0 Å². The van der Waals surface area contributed by atoms with Gasteiger partial charge in [-0.2, -0.15) is 5.26 Å². The van der Waals surface area contributed by atoms with Crippen molar-refractivity contribution in [2.24, 2.45) is 0 Å². The van der Waals surface area contributed by atoms with E-state index in [-0.39, 0.29) is 0 Å². The lowest BCUT2D eigenvalue weighted by molar-refractivity contribution is 0.489. The SMILES string of the molecule is N#CC1=CN(Cc2ccccc2Cl)C=CC1. The van der Waals surface area contributed by atoms with Gasteiger partial charge in [-0.3, -0.25) is 0 Å². The van der Waals surface area contributed by atoms with Crippen LogP contribution in [0.15, 0.2) is 48.3 Å². The number of rotatable bonds is 2. The molecule has 0 fully saturated rings. The summed E-state index contributed by atoms with van der Waals surface area (Å²) in [5, 5.41) is 9.58. The van der Waals surface area contributed by atoms with Gasteiger partial charge in [0.1, 0.15) is 0 Å². The average molecular weight is 231 g/mol. The lowest BCUT2D eigenvalue weighted by Gasteiger charge is -2.19. The zero-order chi connectivity index (χ0) is 11.4. The number of halogens is 1. The van der Waals surface area contributed by atoms with E-state index in [9.17, 15) is 0 Å². The molecular weight excluding hydrogens is 220 g/mol. The first kappa shape index (κ1) is 10.8. The number of nitriles is 1. The van der Waals surface area contributed by atoms with Crippen molar-refractivity contribution in [3.05, 3.63) is 58.9 Å². The van der Waals surface area contributed by atoms with Crippen LogP contribution in [0.5, 0.6) is 0 Å². The molecule has 1 heterocycles. The van der Waals surface area contributed by atoms with Gasteiger partial charge >= 0.3 is 0 Å². The van der Waals surface area contributed by atoms with Crippen LogP contribution < -0.4 is 0 Å². The van der Waals surface area contributed by atoms with E-state index >= 15 is 0 Å². The topological polar surface area (TPSA) is 27.0 Å². The van der Waals surface area contributed by atoms with Crippen molar-refractivity contribution in [3.63, 3.8) is 0 Å². The molecule has 0 N–H and O–H groups in total. The second-order valence-corrected chi connectivity index (χ2v) is 4.03. The van der Waals surface area contributed by atoms with Crippen LogP contribution in [0.3, 0.4) is 0 Å². The van der Waals surface area contributed by atoms with Gasteiger partial charge in [-0.05, 0) is 11.6 Å². The van der Waals surface area contributed by atoms with Gasteiger partial charge < -0.3 is 4.90 Å². The van der Waals surface area contributed by atoms with Gasteiger partial charge in [0.05, 0.1) is 6.07 Å². The van der Waals surface area contributed by atoms with Gasteiger partial charge in [0, 0.05) is 36.0 Å². The second kappa shape index (κ2) is 4.87. The van der Waals surface area contributed by atoms with E-state index in [1.807, 2.05) is 47.6 Å². The van der Waals surface area contributed by atoms with Crippen molar-refractivity contribution < 1.29 is 0 Å². The molecule has 2 rings (SSSR count). The first-order valence-electron chi connectivity index (χ1n) is 5.06. The first-order chi connectivity index (χ1) is 7.79. The molecule has 0 radical (unpaired) electrons. The summed E-state index contributed by atoms with van der Waals surface area (Å²) in [7, 11) is 0. The molecule has 0 amide bonds. The minimum absolute atomic E-state index is 0.696. The van der Waals surface area contributed by atoms with Crippen LogP contribution in [0.1, 0.15) is 12.0 Å². The van der Waals surface area contributed by atoms with E-state index in [2.05, 4.69) is 6.07 Å². The van der Waals surface area contributed by atoms with E-state index in [4.69, 9.17) is 16.9 Å². The zero-order valence-electron chi connectivity index (χ0n) is 8.73. The molecule has 0 saturated carbocycles. The van der Waals surface area contributed by atoms with Crippen LogP contribution in [-0.4, -0.2) is 4.90 Å². The largest absolute Gasteiger partial charge is 0.349 e. The molecule has 1 aliphatic rings. The van der Waals surface area contributed by atoms with Gasteiger partial charge in [0.15, 0.2) is 0 Å². The Labute approximate surface area is 100 Å². The summed E-state index contributed by atoms with van der Waals surface area (Å²) in [6.45, 7) is 0.696. The van der Waals surface area contributed by atoms with Crippen molar-refractivity contribution in [1.29, 1.82) is 5.26 Å². The molecule has 0 aliphatic carbocycles. The molecule has 1 aliphatic heterocycles. The molecule has 80 valence electrons. The summed E-state index contributed by atoms with van der Waals surface area (Å²) in [6.07, 6.45) is 6.54. The van der Waals surface area contributed by atoms with Crippen LogP contribution >= 0.6 is 11.6 Å². The van der Waals surface area contributed by atoms with Gasteiger partial charge in [-0.15, -0.1) is 0 Å². The number of hydrogen-bond donors (Lipinski definition) is 0. The Morgan fingerprint density at radius 2 is 2.19 bits per heavy atom. The summed E-state index contributed by atoms with van der Waals surface area (Å²) < 4.78 is 0. The molecule has 16 heavy (non-hydrogen) atoms. The van der Waals surface area contributed by atoms with E-state index < -0.39 is 0 Å². The Hall–Kier alpha value is -1.72. The Morgan fingerprint density at radius 3 is 2.94 bits per heavy atom. The van der Waals surface area contributed by atoms with Crippen LogP contribution in [0, 0.1) is 11.3 Å². The highest BCUT2D eigenvalue weighted by Crippen LogP contribution is 2.19. The van der Waals surface area contributed by atoms with Crippen molar-refractivity contribution in [2.45, 2.75) is 13.0 Å². The first-order valence-corrected chi connectivity index (χ1v) is 5.44. The Bertz CT molecular complexity index is 483. The van der Waals surface area contributed by atoms with Crippen LogP contribution in [-0.2, 0) is 6.54 Å². The van der Waals surface area contributed by atoms with E-state index in [1.54, 1.807) is 0 Å². The van der Waals surface area contributed by atoms with Gasteiger partial charge in [0.2, 0.25) is 0 Å². The molecule has 0 bridgehead atoms. The third-order valence-corrected chi connectivity index (χ3v) is 2.78. The Morgan fingerprint density at radius 1 is 1.38 bits per heavy atom. The lowest BCUT2D eigenvalue weighted by Crippen LogP contribution is -2.12. The molecule has 0 aromatic heterocycles. The fourth-order valence-electron chi connectivity index (χ4n) is 1.61. The van der Waals surface area contributed by atoms with Crippen LogP contribution in [0.2, 0.25) is 5.02 Å². The monoisotopic (exact) mass is 230 g/mol. The van der Waals surface area contributed by atoms with Crippen molar-refractivity contribution in [3.8, 4) is 6.07 Å². The molecule has 2 nitrogen and oxygen atoms in total. The normalized spacial score (nSPS) is 14.5. The summed E-state index contributed by atoms with van der Waals surface area (Å²) >= 11 is 6.08. The minimum atomic E-state index is 0.696. The van der Waals surface area contributed by atoms with Crippen molar-refractivity contribution in [1.82, 2.24) is 4.90 Å². The fourth-order valence-corrected chi connectivity index (χ4v) is 1.80. The fraction of sp³-hybridized carbons (Fsp3) is 0.154. The quantitative estimate of drug-likeness (QED) is 0.778. The summed E-state index contributed by atoms with van der Waals surface area (Å²) in [6, 6.07) is 9.91. The van der Waals surface area contributed by atoms with Crippen molar-refractivity contribution >= 4 is 11.6 Å². The highest BCUT2D eigenvalue weighted by Gasteiger charge is 2.07. The maximum absolute atomic E-state index is 8.82. The molecule has 1 aromatic rings. The lowest BCUT2D eigenvalue weighted by atomic mass is 10.1. The van der Waals surface area contributed by atoms with Crippen LogP contribution in [0.25, 0.3) is 0 Å². The summed E-state index contributed by atoms with van der Waals surface area (Å²) in [5.74, 6) is 0. The number of nitrogens with zero attached hydrogens (tertiary/aromatic N) is 2. The number of allylic oxidation sites excluding steroid dienone is 2. The molecule has 1 aromatic carbocycles. The third-order valence-electron chi connectivity index (χ3n) is 2.41. The van der Waals surface area contributed by atoms with Gasteiger partial charge in [-0.1, -0.05) is 35.9 Å². The van der Waals surface area contributed by atoms with Gasteiger partial charge in [-0.25, -0.2) is 0 Å². The number of hydrogen-bond acceptors (Lipinski definition) is 2. The highest BCUT2D eigenvalue weighted by molar-refractivity contribution is 6.31. The molecule has 0 atom stereocenters. The van der Waals surface area contributed by atoms with E-state index in [0.717, 1.165) is 22.6 Å². The minimum Gasteiger partial charge on any atom is -0.349 e. The Kier molecular flexibility index (Phi) is 3.28. The molecule has 0 unspecified atom stereocenters. The highest BCUT2D eigenvalue weighted by atomic mass is 35.5. The van der Waals surface area contributed by atoms with E-state index in [1.165, 1.54) is 0 Å². The van der Waals surface area contributed by atoms with Crippen LogP contribution in [0.4, 0.5) is 0 Å². The smallest absolute Gasteiger partial charge is 0.0965 e. The average Bonchev–Trinajstić information content (AvgIpc) is 2.32. The summed E-state index contributed by atoms with van der Waals surface area (Å²) in [5.41, 5.74) is 1.83. The molecular formula is C13H11ClN2. The maximum atomic E-state index is 8.82. The predicted molar refractivity (Wildman–Crippen MR) is 64.4 cm³/mol. The number of benzene rings is 1. The molecule has 0 spiro atoms.